The minimum Gasteiger partial charge on any atom is -0.444 e. The highest BCUT2D eigenvalue weighted by atomic mass is 79.9. The summed E-state index contributed by atoms with van der Waals surface area (Å²) in [6, 6.07) is 1.68. The Balaban J connectivity index is 3.33. The molecule has 0 N–H and O–H groups in total. The van der Waals surface area contributed by atoms with E-state index in [9.17, 15) is 9.59 Å². The van der Waals surface area contributed by atoms with E-state index in [1.807, 2.05) is 32.6 Å². The zero-order chi connectivity index (χ0) is 28.9. The lowest BCUT2D eigenvalue weighted by Gasteiger charge is -2.43. The molecule has 2 amide bonds. The van der Waals surface area contributed by atoms with Gasteiger partial charge in [0.25, 0.3) is 5.91 Å². The van der Waals surface area contributed by atoms with E-state index in [-0.39, 0.29) is 34.2 Å². The SMILES string of the molecule is CCC(C)N(CC(C)C(CN(C)C(=O)OC(C)(C)C)O[Si](C)(C)C(C)(C)C)C(=O)c1cc(Br)cnc1Cl. The van der Waals surface area contributed by atoms with Gasteiger partial charge in [-0.15, -0.1) is 0 Å². The number of ether oxygens (including phenoxy) is 1. The minimum absolute atomic E-state index is 0.0167. The zero-order valence-electron chi connectivity index (χ0n) is 24.7. The lowest BCUT2D eigenvalue weighted by Crippen LogP contribution is -2.52. The molecule has 1 rings (SSSR count). The molecule has 0 bridgehead atoms. The average Bonchev–Trinajstić information content (AvgIpc) is 2.75. The van der Waals surface area contributed by atoms with Crippen molar-refractivity contribution < 1.29 is 18.8 Å². The third kappa shape index (κ3) is 10.1. The van der Waals surface area contributed by atoms with Crippen LogP contribution in [0.2, 0.25) is 23.3 Å². The molecule has 0 aromatic carbocycles. The molecule has 37 heavy (non-hydrogen) atoms. The van der Waals surface area contributed by atoms with Crippen molar-refractivity contribution in [3.63, 3.8) is 0 Å². The van der Waals surface area contributed by atoms with Gasteiger partial charge in [0.15, 0.2) is 8.32 Å². The number of rotatable bonds is 10. The van der Waals surface area contributed by atoms with Gasteiger partial charge in [-0.05, 0) is 74.2 Å². The standard InChI is InChI=1S/C27H47BrClN3O4Si/c1-13-19(3)32(24(33)21-14-20(28)15-30-23(21)29)16-18(2)22(36-37(11,12)27(7,8)9)17-31(10)25(34)35-26(4,5)6/h14-15,18-19,22H,13,16-17H2,1-12H3. The molecule has 0 radical (unpaired) electrons. The van der Waals surface area contributed by atoms with Gasteiger partial charge in [-0.1, -0.05) is 46.2 Å². The molecule has 7 nitrogen and oxygen atoms in total. The van der Waals surface area contributed by atoms with Crippen LogP contribution < -0.4 is 0 Å². The molecule has 1 heterocycles. The maximum Gasteiger partial charge on any atom is 0.410 e. The van der Waals surface area contributed by atoms with Gasteiger partial charge >= 0.3 is 6.09 Å². The second-order valence-electron chi connectivity index (χ2n) is 12.5. The summed E-state index contributed by atoms with van der Waals surface area (Å²) >= 11 is 9.72. The summed E-state index contributed by atoms with van der Waals surface area (Å²) in [5, 5.41) is 0.157. The summed E-state index contributed by atoms with van der Waals surface area (Å²) in [7, 11) is -0.463. The van der Waals surface area contributed by atoms with Gasteiger partial charge < -0.3 is 19.0 Å². The Morgan fingerprint density at radius 3 is 2.19 bits per heavy atom. The largest absolute Gasteiger partial charge is 0.444 e. The first-order chi connectivity index (χ1) is 16.7. The lowest BCUT2D eigenvalue weighted by atomic mass is 10.0. The van der Waals surface area contributed by atoms with Crippen molar-refractivity contribution in [2.45, 2.75) is 105 Å². The highest BCUT2D eigenvalue weighted by molar-refractivity contribution is 9.10. The van der Waals surface area contributed by atoms with Crippen LogP contribution in [0.3, 0.4) is 0 Å². The summed E-state index contributed by atoms with van der Waals surface area (Å²) in [6.07, 6.45) is 1.66. The van der Waals surface area contributed by atoms with Gasteiger partial charge in [0.05, 0.1) is 11.7 Å². The number of halogens is 2. The Morgan fingerprint density at radius 2 is 1.70 bits per heavy atom. The molecule has 0 spiro atoms. The summed E-state index contributed by atoms with van der Waals surface area (Å²) in [5.74, 6) is -0.248. The fraction of sp³-hybridized carbons (Fsp3) is 0.741. The van der Waals surface area contributed by atoms with Crippen molar-refractivity contribution in [1.29, 1.82) is 0 Å². The van der Waals surface area contributed by atoms with Gasteiger partial charge in [0.1, 0.15) is 10.8 Å². The second kappa shape index (κ2) is 13.3. The number of carbonyl (C=O) groups is 2. The van der Waals surface area contributed by atoms with Crippen molar-refractivity contribution in [3.05, 3.63) is 27.5 Å². The zero-order valence-corrected chi connectivity index (χ0v) is 28.1. The van der Waals surface area contributed by atoms with E-state index in [1.165, 1.54) is 0 Å². The topological polar surface area (TPSA) is 72.0 Å². The summed E-state index contributed by atoms with van der Waals surface area (Å²) < 4.78 is 13.1. The number of hydrogen-bond acceptors (Lipinski definition) is 5. The molecule has 10 heteroatoms. The number of aromatic nitrogens is 1. The number of nitrogens with zero attached hydrogens (tertiary/aromatic N) is 3. The third-order valence-electron chi connectivity index (χ3n) is 6.95. The first-order valence-corrected chi connectivity index (χ1v) is 17.0. The Kier molecular flexibility index (Phi) is 12.1. The van der Waals surface area contributed by atoms with Gasteiger partial charge in [0, 0.05) is 42.8 Å². The third-order valence-corrected chi connectivity index (χ3v) is 12.2. The van der Waals surface area contributed by atoms with Crippen molar-refractivity contribution in [2.24, 2.45) is 5.92 Å². The molecule has 212 valence electrons. The molecular formula is C27H47BrClN3O4Si. The fourth-order valence-electron chi connectivity index (χ4n) is 3.41. The van der Waals surface area contributed by atoms with E-state index in [1.54, 1.807) is 24.2 Å². The molecule has 0 saturated carbocycles. The quantitative estimate of drug-likeness (QED) is 0.199. The number of amides is 2. The van der Waals surface area contributed by atoms with Crippen LogP contribution in [0.25, 0.3) is 0 Å². The first-order valence-electron chi connectivity index (χ1n) is 12.9. The summed E-state index contributed by atoms with van der Waals surface area (Å²) in [6.45, 7) is 23.5. The Bertz CT molecular complexity index is 933. The monoisotopic (exact) mass is 619 g/mol. The lowest BCUT2D eigenvalue weighted by molar-refractivity contribution is 0.0125. The maximum atomic E-state index is 13.7. The van der Waals surface area contributed by atoms with Gasteiger partial charge in [-0.2, -0.15) is 0 Å². The smallest absolute Gasteiger partial charge is 0.410 e. The van der Waals surface area contributed by atoms with E-state index in [0.29, 0.717) is 23.1 Å². The molecular weight excluding hydrogens is 574 g/mol. The predicted molar refractivity (Wildman–Crippen MR) is 158 cm³/mol. The van der Waals surface area contributed by atoms with Gasteiger partial charge in [-0.25, -0.2) is 9.78 Å². The Hall–Kier alpha value is -1.16. The Morgan fingerprint density at radius 1 is 1.14 bits per heavy atom. The fourth-order valence-corrected chi connectivity index (χ4v) is 5.34. The van der Waals surface area contributed by atoms with Crippen molar-refractivity contribution >= 4 is 47.8 Å². The van der Waals surface area contributed by atoms with E-state index >= 15 is 0 Å². The molecule has 0 aliphatic rings. The van der Waals surface area contributed by atoms with Crippen LogP contribution in [-0.4, -0.2) is 73.0 Å². The number of pyridine rings is 1. The van der Waals surface area contributed by atoms with Gasteiger partial charge in [-0.3, -0.25) is 4.79 Å². The molecule has 0 saturated heterocycles. The van der Waals surface area contributed by atoms with Crippen molar-refractivity contribution in [3.8, 4) is 0 Å². The molecule has 3 atom stereocenters. The normalized spacial score (nSPS) is 15.1. The van der Waals surface area contributed by atoms with Crippen LogP contribution in [0.4, 0.5) is 4.79 Å². The maximum absolute atomic E-state index is 13.7. The summed E-state index contributed by atoms with van der Waals surface area (Å²) in [4.78, 5) is 34.0. The number of hydrogen-bond donors (Lipinski definition) is 0. The average molecular weight is 621 g/mol. The molecule has 1 aromatic rings. The van der Waals surface area contributed by atoms with Crippen LogP contribution in [0.5, 0.6) is 0 Å². The molecule has 0 aliphatic carbocycles. The number of carbonyl (C=O) groups excluding carboxylic acids is 2. The van der Waals surface area contributed by atoms with Crippen LogP contribution in [0, 0.1) is 5.92 Å². The van der Waals surface area contributed by atoms with E-state index in [4.69, 9.17) is 20.8 Å². The van der Waals surface area contributed by atoms with Gasteiger partial charge in [0.2, 0.25) is 0 Å². The Labute approximate surface area is 238 Å². The van der Waals surface area contributed by atoms with Crippen LogP contribution in [0.1, 0.15) is 79.1 Å². The second-order valence-corrected chi connectivity index (χ2v) is 18.5. The van der Waals surface area contributed by atoms with E-state index in [2.05, 4.69) is 68.6 Å². The molecule has 0 aliphatic heterocycles. The van der Waals surface area contributed by atoms with Crippen molar-refractivity contribution in [1.82, 2.24) is 14.8 Å². The summed E-state index contributed by atoms with van der Waals surface area (Å²) in [5.41, 5.74) is -0.236. The first kappa shape index (κ1) is 33.9. The van der Waals surface area contributed by atoms with Crippen LogP contribution in [-0.2, 0) is 9.16 Å². The molecule has 0 fully saturated rings. The van der Waals surface area contributed by atoms with Crippen molar-refractivity contribution in [2.75, 3.05) is 20.1 Å². The van der Waals surface area contributed by atoms with E-state index < -0.39 is 20.0 Å². The van der Waals surface area contributed by atoms with Crippen LogP contribution in [0.15, 0.2) is 16.7 Å². The highest BCUT2D eigenvalue weighted by Gasteiger charge is 2.41. The minimum atomic E-state index is -2.19. The molecule has 3 unspecified atom stereocenters. The molecule has 1 aromatic heterocycles. The predicted octanol–water partition coefficient (Wildman–Crippen LogP) is 7.63. The highest BCUT2D eigenvalue weighted by Crippen LogP contribution is 2.38. The van der Waals surface area contributed by atoms with Crippen LogP contribution >= 0.6 is 27.5 Å². The number of likely N-dealkylation sites (N-methyl/N-ethyl adjacent to an activating group) is 1. The van der Waals surface area contributed by atoms with E-state index in [0.717, 1.165) is 6.42 Å².